The van der Waals surface area contributed by atoms with Crippen LogP contribution < -0.4 is 0 Å². The average Bonchev–Trinajstić information content (AvgIpc) is 2.36. The molecule has 0 N–H and O–H groups in total. The second-order valence-electron chi connectivity index (χ2n) is 3.56. The van der Waals surface area contributed by atoms with E-state index in [1.807, 2.05) is 24.3 Å². The van der Waals surface area contributed by atoms with Crippen molar-refractivity contribution in [3.8, 4) is 0 Å². The summed E-state index contributed by atoms with van der Waals surface area (Å²) in [7, 11) is 0. The monoisotopic (exact) mass is 392 g/mol. The zero-order valence-corrected chi connectivity index (χ0v) is 13.1. The molecule has 0 aromatic heterocycles. The van der Waals surface area contributed by atoms with E-state index in [-0.39, 0.29) is 15.8 Å². The van der Waals surface area contributed by atoms with E-state index in [2.05, 4.69) is 31.9 Å². The van der Waals surface area contributed by atoms with Gasteiger partial charge in [0.1, 0.15) is 11.6 Å². The average molecular weight is 394 g/mol. The van der Waals surface area contributed by atoms with Crippen molar-refractivity contribution in [1.29, 1.82) is 0 Å². The van der Waals surface area contributed by atoms with Gasteiger partial charge in [-0.05, 0) is 52.3 Å². The lowest BCUT2D eigenvalue weighted by Crippen LogP contribution is -1.94. The van der Waals surface area contributed by atoms with Crippen molar-refractivity contribution in [1.82, 2.24) is 0 Å². The normalized spacial score (nSPS) is 10.7. The van der Waals surface area contributed by atoms with Crippen LogP contribution in [0.4, 0.5) is 8.78 Å². The van der Waals surface area contributed by atoms with Crippen molar-refractivity contribution < 1.29 is 8.78 Å². The quantitative estimate of drug-likeness (QED) is 0.470. The van der Waals surface area contributed by atoms with Crippen molar-refractivity contribution >= 4 is 43.6 Å². The van der Waals surface area contributed by atoms with Gasteiger partial charge in [0, 0.05) is 20.7 Å². The van der Waals surface area contributed by atoms with Gasteiger partial charge in [0.15, 0.2) is 0 Å². The van der Waals surface area contributed by atoms with Gasteiger partial charge in [-0.2, -0.15) is 0 Å². The lowest BCUT2D eigenvalue weighted by Gasteiger charge is -2.06. The highest BCUT2D eigenvalue weighted by Gasteiger charge is 2.12. The molecule has 0 amide bonds. The molecule has 0 aliphatic heterocycles. The maximum atomic E-state index is 13.7. The first-order valence-corrected chi connectivity index (χ1v) is 7.66. The van der Waals surface area contributed by atoms with Gasteiger partial charge >= 0.3 is 0 Å². The van der Waals surface area contributed by atoms with E-state index in [1.54, 1.807) is 0 Å². The highest BCUT2D eigenvalue weighted by Crippen LogP contribution is 2.29. The van der Waals surface area contributed by atoms with Gasteiger partial charge in [0.05, 0.1) is 4.47 Å². The Kier molecular flexibility index (Phi) is 4.81. The Labute approximate surface area is 125 Å². The molecule has 0 nitrogen and oxygen atoms in total. The number of rotatable bonds is 3. The third-order valence-electron chi connectivity index (χ3n) is 2.34. The van der Waals surface area contributed by atoms with Gasteiger partial charge in [-0.3, -0.25) is 0 Å². The fourth-order valence-corrected chi connectivity index (χ4v) is 2.93. The molecular formula is C13H8Br2F2S. The van der Waals surface area contributed by atoms with Crippen LogP contribution in [-0.4, -0.2) is 0 Å². The maximum Gasteiger partial charge on any atom is 0.144 e. The van der Waals surface area contributed by atoms with Gasteiger partial charge in [0.25, 0.3) is 0 Å². The Balaban J connectivity index is 2.15. The molecule has 0 fully saturated rings. The van der Waals surface area contributed by atoms with Gasteiger partial charge < -0.3 is 0 Å². The van der Waals surface area contributed by atoms with Crippen LogP contribution in [0.3, 0.4) is 0 Å². The Bertz CT molecular complexity index is 556. The molecular weight excluding hydrogens is 386 g/mol. The van der Waals surface area contributed by atoms with Crippen LogP contribution in [0.2, 0.25) is 0 Å². The van der Waals surface area contributed by atoms with Crippen LogP contribution in [-0.2, 0) is 5.75 Å². The van der Waals surface area contributed by atoms with Crippen molar-refractivity contribution in [2.75, 3.05) is 0 Å². The summed E-state index contributed by atoms with van der Waals surface area (Å²) in [6, 6.07) is 10.3. The van der Waals surface area contributed by atoms with E-state index in [4.69, 9.17) is 0 Å². The molecule has 2 aromatic rings. The van der Waals surface area contributed by atoms with Crippen molar-refractivity contribution in [2.45, 2.75) is 10.6 Å². The first-order valence-electron chi connectivity index (χ1n) is 5.08. The summed E-state index contributed by atoms with van der Waals surface area (Å²) < 4.78 is 28.5. The van der Waals surface area contributed by atoms with Crippen LogP contribution in [0.1, 0.15) is 5.56 Å². The van der Waals surface area contributed by atoms with Crippen molar-refractivity contribution in [3.05, 3.63) is 62.5 Å². The highest BCUT2D eigenvalue weighted by atomic mass is 79.9. The number of halogens is 4. The number of hydrogen-bond donors (Lipinski definition) is 0. The first kappa shape index (κ1) is 14.0. The van der Waals surface area contributed by atoms with E-state index < -0.39 is 11.6 Å². The molecule has 2 aromatic carbocycles. The van der Waals surface area contributed by atoms with E-state index in [0.29, 0.717) is 0 Å². The SMILES string of the molecule is Fc1ccc(Br)c(F)c1CSc1ccc(Br)cc1. The molecule has 5 heteroatoms. The molecule has 2 rings (SSSR count). The van der Waals surface area contributed by atoms with Crippen LogP contribution >= 0.6 is 43.6 Å². The lowest BCUT2D eigenvalue weighted by atomic mass is 10.2. The largest absolute Gasteiger partial charge is 0.207 e. The fourth-order valence-electron chi connectivity index (χ4n) is 1.39. The minimum absolute atomic E-state index is 0.0947. The summed E-state index contributed by atoms with van der Waals surface area (Å²) in [6.45, 7) is 0. The molecule has 0 radical (unpaired) electrons. The second kappa shape index (κ2) is 6.17. The summed E-state index contributed by atoms with van der Waals surface area (Å²) in [4.78, 5) is 0.969. The Morgan fingerprint density at radius 1 is 0.944 bits per heavy atom. The summed E-state index contributed by atoms with van der Waals surface area (Å²) in [6.07, 6.45) is 0. The summed E-state index contributed by atoms with van der Waals surface area (Å²) in [5.41, 5.74) is 0.0947. The van der Waals surface area contributed by atoms with Crippen LogP contribution in [0.25, 0.3) is 0 Å². The van der Waals surface area contributed by atoms with E-state index in [1.165, 1.54) is 23.9 Å². The van der Waals surface area contributed by atoms with Crippen LogP contribution in [0.15, 0.2) is 50.2 Å². The smallest absolute Gasteiger partial charge is 0.144 e. The fraction of sp³-hybridized carbons (Fsp3) is 0.0769. The molecule has 0 aliphatic carbocycles. The number of benzene rings is 2. The molecule has 0 heterocycles. The highest BCUT2D eigenvalue weighted by molar-refractivity contribution is 9.10. The van der Waals surface area contributed by atoms with Gasteiger partial charge in [-0.1, -0.05) is 15.9 Å². The van der Waals surface area contributed by atoms with E-state index in [0.717, 1.165) is 9.37 Å². The Hall–Kier alpha value is -0.390. The summed E-state index contributed by atoms with van der Waals surface area (Å²) >= 11 is 7.80. The molecule has 0 spiro atoms. The van der Waals surface area contributed by atoms with Gasteiger partial charge in [-0.15, -0.1) is 11.8 Å². The van der Waals surface area contributed by atoms with Crippen molar-refractivity contribution in [3.63, 3.8) is 0 Å². The number of thioether (sulfide) groups is 1. The van der Waals surface area contributed by atoms with Crippen LogP contribution in [0.5, 0.6) is 0 Å². The molecule has 0 aliphatic rings. The molecule has 0 unspecified atom stereocenters. The molecule has 0 atom stereocenters. The Morgan fingerprint density at radius 3 is 2.28 bits per heavy atom. The van der Waals surface area contributed by atoms with E-state index >= 15 is 0 Å². The second-order valence-corrected chi connectivity index (χ2v) is 6.38. The molecule has 0 saturated heterocycles. The predicted octanol–water partition coefficient (Wildman–Crippen LogP) is 5.78. The minimum atomic E-state index is -0.528. The predicted molar refractivity (Wildman–Crippen MR) is 77.8 cm³/mol. The summed E-state index contributed by atoms with van der Waals surface area (Å²) in [5.74, 6) is -0.779. The zero-order chi connectivity index (χ0) is 13.1. The molecule has 0 saturated carbocycles. The minimum Gasteiger partial charge on any atom is -0.207 e. The maximum absolute atomic E-state index is 13.7. The van der Waals surface area contributed by atoms with E-state index in [9.17, 15) is 8.78 Å². The van der Waals surface area contributed by atoms with Gasteiger partial charge in [0.2, 0.25) is 0 Å². The van der Waals surface area contributed by atoms with Crippen LogP contribution in [0, 0.1) is 11.6 Å². The topological polar surface area (TPSA) is 0 Å². The first-order chi connectivity index (χ1) is 8.58. The molecule has 18 heavy (non-hydrogen) atoms. The third-order valence-corrected chi connectivity index (χ3v) is 4.52. The van der Waals surface area contributed by atoms with Crippen molar-refractivity contribution in [2.24, 2.45) is 0 Å². The third kappa shape index (κ3) is 3.33. The Morgan fingerprint density at radius 2 is 1.61 bits per heavy atom. The number of hydrogen-bond acceptors (Lipinski definition) is 1. The summed E-state index contributed by atoms with van der Waals surface area (Å²) in [5, 5.41) is 0. The molecule has 94 valence electrons. The zero-order valence-electron chi connectivity index (χ0n) is 9.09. The molecule has 0 bridgehead atoms. The lowest BCUT2D eigenvalue weighted by molar-refractivity contribution is 0.562. The standard InChI is InChI=1S/C13H8Br2F2S/c14-8-1-3-9(4-2-8)18-7-10-12(16)6-5-11(15)13(10)17/h1-6H,7H2. The van der Waals surface area contributed by atoms with Gasteiger partial charge in [-0.25, -0.2) is 8.78 Å².